The second-order valence-corrected chi connectivity index (χ2v) is 6.00. The molecule has 1 amide bonds. The highest BCUT2D eigenvalue weighted by atomic mass is 16.2. The van der Waals surface area contributed by atoms with Crippen LogP contribution < -0.4 is 0 Å². The molecule has 2 rings (SSSR count). The molecule has 6 nitrogen and oxygen atoms in total. The first-order chi connectivity index (χ1) is 10.5. The number of rotatable bonds is 3. The van der Waals surface area contributed by atoms with E-state index in [2.05, 4.69) is 11.9 Å². The molecule has 0 N–H and O–H groups in total. The number of aromatic nitrogens is 2. The van der Waals surface area contributed by atoms with Gasteiger partial charge in [0.1, 0.15) is 24.5 Å². The summed E-state index contributed by atoms with van der Waals surface area (Å²) in [6, 6.07) is 4.13. The zero-order valence-corrected chi connectivity index (χ0v) is 13.3. The van der Waals surface area contributed by atoms with Gasteiger partial charge in [0.15, 0.2) is 11.4 Å². The average Bonchev–Trinajstić information content (AvgIpc) is 2.82. The Labute approximate surface area is 131 Å². The SMILES string of the molecule is Cc1nc(C#N)c(C#N)n1CC(=O)N(C)[C@H]1CCCC[C@@H]1C. The van der Waals surface area contributed by atoms with E-state index in [1.807, 2.05) is 19.2 Å². The molecule has 2 atom stereocenters. The van der Waals surface area contributed by atoms with Crippen molar-refractivity contribution < 1.29 is 4.79 Å². The van der Waals surface area contributed by atoms with Crippen molar-refractivity contribution in [1.82, 2.24) is 14.5 Å². The predicted molar refractivity (Wildman–Crippen MR) is 80.6 cm³/mol. The fraction of sp³-hybridized carbons (Fsp3) is 0.625. The van der Waals surface area contributed by atoms with Crippen LogP contribution in [-0.2, 0) is 11.3 Å². The number of carbonyl (C=O) groups is 1. The number of carbonyl (C=O) groups excluding carboxylic acids is 1. The van der Waals surface area contributed by atoms with Gasteiger partial charge in [-0.3, -0.25) is 4.79 Å². The predicted octanol–water partition coefficient (Wildman–Crippen LogP) is 1.97. The maximum absolute atomic E-state index is 12.6. The minimum Gasteiger partial charge on any atom is -0.341 e. The van der Waals surface area contributed by atoms with Gasteiger partial charge in [0.25, 0.3) is 0 Å². The van der Waals surface area contributed by atoms with Crippen molar-refractivity contribution >= 4 is 5.91 Å². The molecular formula is C16H21N5O. The summed E-state index contributed by atoms with van der Waals surface area (Å²) in [5.41, 5.74) is 0.250. The maximum Gasteiger partial charge on any atom is 0.242 e. The number of aryl methyl sites for hydroxylation is 1. The van der Waals surface area contributed by atoms with Gasteiger partial charge in [-0.15, -0.1) is 0 Å². The first-order valence-electron chi connectivity index (χ1n) is 7.62. The van der Waals surface area contributed by atoms with Crippen LogP contribution in [0.3, 0.4) is 0 Å². The van der Waals surface area contributed by atoms with E-state index >= 15 is 0 Å². The van der Waals surface area contributed by atoms with E-state index in [1.54, 1.807) is 11.8 Å². The molecule has 116 valence electrons. The number of imidazole rings is 1. The number of hydrogen-bond acceptors (Lipinski definition) is 4. The lowest BCUT2D eigenvalue weighted by atomic mass is 9.85. The minimum absolute atomic E-state index is 0.0414. The highest BCUT2D eigenvalue weighted by molar-refractivity contribution is 5.76. The molecule has 1 heterocycles. The van der Waals surface area contributed by atoms with E-state index in [0.717, 1.165) is 19.3 Å². The number of nitriles is 2. The number of hydrogen-bond donors (Lipinski definition) is 0. The summed E-state index contributed by atoms with van der Waals surface area (Å²) in [5, 5.41) is 18.2. The standard InChI is InChI=1S/C16H21N5O/c1-11-6-4-5-7-14(11)20(3)16(22)10-21-12(2)19-13(8-17)15(21)9-18/h11,14H,4-7,10H2,1-3H3/t11-,14-/m0/s1. The lowest BCUT2D eigenvalue weighted by Gasteiger charge is -2.36. The first kappa shape index (κ1) is 16.0. The third-order valence-corrected chi connectivity index (χ3v) is 4.62. The number of nitrogens with zero attached hydrogens (tertiary/aromatic N) is 5. The Morgan fingerprint density at radius 2 is 2.05 bits per heavy atom. The molecule has 0 radical (unpaired) electrons. The van der Waals surface area contributed by atoms with Crippen molar-refractivity contribution in [2.75, 3.05) is 7.05 Å². The van der Waals surface area contributed by atoms with E-state index in [0.29, 0.717) is 11.7 Å². The molecule has 1 fully saturated rings. The van der Waals surface area contributed by atoms with Crippen LogP contribution >= 0.6 is 0 Å². The molecular weight excluding hydrogens is 278 g/mol. The van der Waals surface area contributed by atoms with Crippen LogP contribution in [0.1, 0.15) is 49.8 Å². The van der Waals surface area contributed by atoms with Gasteiger partial charge in [-0.05, 0) is 25.7 Å². The van der Waals surface area contributed by atoms with Crippen molar-refractivity contribution in [2.24, 2.45) is 5.92 Å². The molecule has 0 aromatic carbocycles. The van der Waals surface area contributed by atoms with Crippen molar-refractivity contribution in [1.29, 1.82) is 10.5 Å². The second kappa shape index (κ2) is 6.62. The zero-order chi connectivity index (χ0) is 16.3. The molecule has 0 saturated heterocycles. The molecule has 1 aliphatic rings. The fourth-order valence-corrected chi connectivity index (χ4v) is 3.25. The van der Waals surface area contributed by atoms with Crippen LogP contribution in [0.15, 0.2) is 0 Å². The minimum atomic E-state index is -0.0414. The Bertz CT molecular complexity index is 649. The fourth-order valence-electron chi connectivity index (χ4n) is 3.25. The van der Waals surface area contributed by atoms with Crippen LogP contribution in [-0.4, -0.2) is 33.4 Å². The summed E-state index contributed by atoms with van der Waals surface area (Å²) >= 11 is 0. The summed E-state index contributed by atoms with van der Waals surface area (Å²) in [4.78, 5) is 18.4. The Balaban J connectivity index is 2.17. The average molecular weight is 299 g/mol. The van der Waals surface area contributed by atoms with Gasteiger partial charge >= 0.3 is 0 Å². The van der Waals surface area contributed by atoms with E-state index in [4.69, 9.17) is 5.26 Å². The van der Waals surface area contributed by atoms with E-state index in [-0.39, 0.29) is 29.9 Å². The smallest absolute Gasteiger partial charge is 0.242 e. The molecule has 0 aliphatic heterocycles. The summed E-state index contributed by atoms with van der Waals surface area (Å²) < 4.78 is 1.53. The van der Waals surface area contributed by atoms with Crippen LogP contribution in [0.5, 0.6) is 0 Å². The van der Waals surface area contributed by atoms with Crippen molar-refractivity contribution in [3.8, 4) is 12.1 Å². The van der Waals surface area contributed by atoms with Gasteiger partial charge in [0.2, 0.25) is 5.91 Å². The first-order valence-corrected chi connectivity index (χ1v) is 7.62. The second-order valence-electron chi connectivity index (χ2n) is 6.00. The Hall–Kier alpha value is -2.34. The normalized spacial score (nSPS) is 21.0. The third kappa shape index (κ3) is 2.96. The van der Waals surface area contributed by atoms with Gasteiger partial charge in [-0.1, -0.05) is 19.8 Å². The largest absolute Gasteiger partial charge is 0.341 e. The van der Waals surface area contributed by atoms with Crippen molar-refractivity contribution in [3.05, 3.63) is 17.2 Å². The van der Waals surface area contributed by atoms with Gasteiger partial charge in [0, 0.05) is 13.1 Å². The van der Waals surface area contributed by atoms with E-state index < -0.39 is 0 Å². The summed E-state index contributed by atoms with van der Waals surface area (Å²) in [6.07, 6.45) is 4.55. The molecule has 0 bridgehead atoms. The van der Waals surface area contributed by atoms with Gasteiger partial charge < -0.3 is 9.47 Å². The topological polar surface area (TPSA) is 85.7 Å². The molecule has 0 unspecified atom stereocenters. The van der Waals surface area contributed by atoms with Gasteiger partial charge in [-0.25, -0.2) is 4.98 Å². The monoisotopic (exact) mass is 299 g/mol. The van der Waals surface area contributed by atoms with Gasteiger partial charge in [0.05, 0.1) is 0 Å². The molecule has 6 heteroatoms. The van der Waals surface area contributed by atoms with Crippen LogP contribution in [0.25, 0.3) is 0 Å². The molecule has 0 spiro atoms. The Kier molecular flexibility index (Phi) is 4.82. The molecule has 1 aliphatic carbocycles. The summed E-state index contributed by atoms with van der Waals surface area (Å²) in [5.74, 6) is 0.975. The molecule has 22 heavy (non-hydrogen) atoms. The summed E-state index contributed by atoms with van der Waals surface area (Å²) in [7, 11) is 1.83. The summed E-state index contributed by atoms with van der Waals surface area (Å²) in [6.45, 7) is 3.95. The third-order valence-electron chi connectivity index (χ3n) is 4.62. The van der Waals surface area contributed by atoms with Crippen molar-refractivity contribution in [2.45, 2.75) is 52.1 Å². The lowest BCUT2D eigenvalue weighted by Crippen LogP contribution is -2.44. The lowest BCUT2D eigenvalue weighted by molar-refractivity contribution is -0.134. The quantitative estimate of drug-likeness (QED) is 0.854. The molecule has 1 saturated carbocycles. The number of likely N-dealkylation sites (N-methyl/N-ethyl adjacent to an activating group) is 1. The van der Waals surface area contributed by atoms with Crippen LogP contribution in [0.4, 0.5) is 0 Å². The highest BCUT2D eigenvalue weighted by Crippen LogP contribution is 2.27. The molecule has 1 aromatic rings. The van der Waals surface area contributed by atoms with E-state index in [1.165, 1.54) is 11.0 Å². The van der Waals surface area contributed by atoms with E-state index in [9.17, 15) is 10.1 Å². The zero-order valence-electron chi connectivity index (χ0n) is 13.3. The van der Waals surface area contributed by atoms with Crippen LogP contribution in [0, 0.1) is 35.5 Å². The number of amides is 1. The highest BCUT2D eigenvalue weighted by Gasteiger charge is 2.28. The van der Waals surface area contributed by atoms with Crippen molar-refractivity contribution in [3.63, 3.8) is 0 Å². The molecule has 1 aromatic heterocycles. The van der Waals surface area contributed by atoms with Crippen LogP contribution in [0.2, 0.25) is 0 Å². The maximum atomic E-state index is 12.6. The Morgan fingerprint density at radius 3 is 2.64 bits per heavy atom. The Morgan fingerprint density at radius 1 is 1.36 bits per heavy atom. The van der Waals surface area contributed by atoms with Gasteiger partial charge in [-0.2, -0.15) is 10.5 Å².